The minimum Gasteiger partial charge on any atom is -0.392 e. The summed E-state index contributed by atoms with van der Waals surface area (Å²) in [4.78, 5) is 3.92. The zero-order valence-electron chi connectivity index (χ0n) is 14.4. The molecule has 0 bridgehead atoms. The van der Waals surface area contributed by atoms with E-state index in [2.05, 4.69) is 17.0 Å². The van der Waals surface area contributed by atoms with Gasteiger partial charge in [0.1, 0.15) is 12.1 Å². The third-order valence-electron chi connectivity index (χ3n) is 3.83. The third kappa shape index (κ3) is 9.71. The van der Waals surface area contributed by atoms with Crippen LogP contribution in [-0.4, -0.2) is 40.1 Å². The summed E-state index contributed by atoms with van der Waals surface area (Å²) < 4.78 is 25.5. The fourth-order valence-corrected chi connectivity index (χ4v) is 3.99. The van der Waals surface area contributed by atoms with Gasteiger partial charge in [0, 0.05) is 7.05 Å². The number of aryl methyl sites for hydroxylation is 1. The normalized spacial score (nSPS) is 13.3. The van der Waals surface area contributed by atoms with Crippen LogP contribution in [-0.2, 0) is 22.6 Å². The van der Waals surface area contributed by atoms with Crippen LogP contribution in [0.5, 0.6) is 0 Å². The molecule has 0 spiro atoms. The summed E-state index contributed by atoms with van der Waals surface area (Å²) >= 11 is 0. The monoisotopic (exact) mass is 345 g/mol. The van der Waals surface area contributed by atoms with Crippen LogP contribution in [0, 0.1) is 0 Å². The largest absolute Gasteiger partial charge is 0.392 e. The summed E-state index contributed by atoms with van der Waals surface area (Å²) in [6, 6.07) is 0. The molecule has 0 saturated heterocycles. The van der Waals surface area contributed by atoms with E-state index in [1.165, 1.54) is 49.5 Å². The Morgan fingerprint density at radius 3 is 2.30 bits per heavy atom. The zero-order valence-corrected chi connectivity index (χ0v) is 15.3. The van der Waals surface area contributed by atoms with Crippen molar-refractivity contribution >= 4 is 9.84 Å². The molecule has 0 fully saturated rings. The molecule has 7 heteroatoms. The molecule has 0 aromatic carbocycles. The van der Waals surface area contributed by atoms with Gasteiger partial charge in [-0.15, -0.1) is 0 Å². The summed E-state index contributed by atoms with van der Waals surface area (Å²) in [5.74, 6) is -0.129. The fraction of sp³-hybridized carbons (Fsp3) is 0.875. The quantitative estimate of drug-likeness (QED) is 0.556. The Labute approximate surface area is 140 Å². The molecule has 1 atom stereocenters. The average molecular weight is 346 g/mol. The molecular weight excluding hydrogens is 314 g/mol. The molecule has 1 aromatic rings. The number of aliphatic hydroxyl groups excluding tert-OH is 1. The number of nitrogens with zero attached hydrogens (tertiary/aromatic N) is 3. The van der Waals surface area contributed by atoms with Crippen LogP contribution in [0.2, 0.25) is 0 Å². The van der Waals surface area contributed by atoms with E-state index in [1.807, 2.05) is 0 Å². The van der Waals surface area contributed by atoms with E-state index in [0.29, 0.717) is 6.42 Å². The molecule has 0 aliphatic carbocycles. The Bertz CT molecular complexity index is 528. The van der Waals surface area contributed by atoms with Crippen molar-refractivity contribution in [2.75, 3.05) is 5.75 Å². The molecule has 1 aromatic heterocycles. The second-order valence-corrected chi connectivity index (χ2v) is 8.42. The van der Waals surface area contributed by atoms with Gasteiger partial charge < -0.3 is 5.11 Å². The predicted octanol–water partition coefficient (Wildman–Crippen LogP) is 2.62. The summed E-state index contributed by atoms with van der Waals surface area (Å²) in [6.45, 7) is 2.21. The van der Waals surface area contributed by atoms with Crippen molar-refractivity contribution in [3.63, 3.8) is 0 Å². The second-order valence-electron chi connectivity index (χ2n) is 6.31. The van der Waals surface area contributed by atoms with Crippen molar-refractivity contribution in [3.8, 4) is 0 Å². The van der Waals surface area contributed by atoms with Crippen molar-refractivity contribution in [2.45, 2.75) is 76.6 Å². The molecule has 1 unspecified atom stereocenters. The van der Waals surface area contributed by atoms with Crippen LogP contribution < -0.4 is 0 Å². The first kappa shape index (κ1) is 20.1. The Morgan fingerprint density at radius 2 is 1.74 bits per heavy atom. The first-order valence-corrected chi connectivity index (χ1v) is 10.5. The number of unbranched alkanes of at least 4 members (excludes halogenated alkanes) is 7. The number of hydrogen-bond acceptors (Lipinski definition) is 5. The molecular formula is C16H31N3O3S. The molecule has 134 valence electrons. The molecule has 0 saturated carbocycles. The maximum Gasteiger partial charge on any atom is 0.165 e. The Balaban J connectivity index is 2.14. The molecule has 0 aliphatic heterocycles. The van der Waals surface area contributed by atoms with Crippen LogP contribution in [0.4, 0.5) is 0 Å². The molecule has 1 rings (SSSR count). The van der Waals surface area contributed by atoms with E-state index in [9.17, 15) is 13.5 Å². The van der Waals surface area contributed by atoms with Crippen LogP contribution in [0.1, 0.15) is 70.5 Å². The van der Waals surface area contributed by atoms with Crippen molar-refractivity contribution in [2.24, 2.45) is 7.05 Å². The van der Waals surface area contributed by atoms with E-state index in [-0.39, 0.29) is 17.3 Å². The topological polar surface area (TPSA) is 85.1 Å². The number of hydrogen-bond donors (Lipinski definition) is 1. The lowest BCUT2D eigenvalue weighted by molar-refractivity contribution is 0.182. The van der Waals surface area contributed by atoms with E-state index in [0.717, 1.165) is 12.8 Å². The van der Waals surface area contributed by atoms with E-state index in [1.54, 1.807) is 7.05 Å². The molecule has 6 nitrogen and oxygen atoms in total. The van der Waals surface area contributed by atoms with Crippen molar-refractivity contribution < 1.29 is 13.5 Å². The Morgan fingerprint density at radius 1 is 1.13 bits per heavy atom. The van der Waals surface area contributed by atoms with Gasteiger partial charge in [0.15, 0.2) is 15.7 Å². The third-order valence-corrected chi connectivity index (χ3v) is 5.42. The molecule has 0 amide bonds. The van der Waals surface area contributed by atoms with Crippen LogP contribution >= 0.6 is 0 Å². The smallest absolute Gasteiger partial charge is 0.165 e. The maximum atomic E-state index is 12.0. The van der Waals surface area contributed by atoms with E-state index >= 15 is 0 Å². The first-order chi connectivity index (χ1) is 10.9. The SMILES string of the molecule is CCCCCCCCCCC(O)CS(=O)(=O)Cc1ncn(C)n1. The molecule has 1 heterocycles. The van der Waals surface area contributed by atoms with Crippen LogP contribution in [0.25, 0.3) is 0 Å². The van der Waals surface area contributed by atoms with E-state index < -0.39 is 15.9 Å². The van der Waals surface area contributed by atoms with Gasteiger partial charge in [0.2, 0.25) is 0 Å². The second kappa shape index (κ2) is 10.8. The lowest BCUT2D eigenvalue weighted by atomic mass is 10.1. The van der Waals surface area contributed by atoms with Crippen molar-refractivity contribution in [3.05, 3.63) is 12.2 Å². The highest BCUT2D eigenvalue weighted by molar-refractivity contribution is 7.90. The Hall–Kier alpha value is -0.950. The first-order valence-electron chi connectivity index (χ1n) is 8.66. The standard InChI is InChI=1S/C16H31N3O3S/c1-3-4-5-6-7-8-9-10-11-15(20)12-23(21,22)13-16-17-14-19(2)18-16/h14-15,20H,3-13H2,1-2H3. The van der Waals surface area contributed by atoms with Gasteiger partial charge in [-0.05, 0) is 6.42 Å². The summed E-state index contributed by atoms with van der Waals surface area (Å²) in [5, 5.41) is 13.9. The highest BCUT2D eigenvalue weighted by atomic mass is 32.2. The lowest BCUT2D eigenvalue weighted by Gasteiger charge is -2.10. The van der Waals surface area contributed by atoms with Gasteiger partial charge in [-0.25, -0.2) is 13.4 Å². The van der Waals surface area contributed by atoms with Gasteiger partial charge in [0.25, 0.3) is 0 Å². The van der Waals surface area contributed by atoms with Gasteiger partial charge in [-0.1, -0.05) is 58.3 Å². The summed E-state index contributed by atoms with van der Waals surface area (Å²) in [6.07, 6.45) is 10.7. The van der Waals surface area contributed by atoms with Crippen molar-refractivity contribution in [1.29, 1.82) is 0 Å². The minimum atomic E-state index is -3.37. The Kier molecular flexibility index (Phi) is 9.40. The predicted molar refractivity (Wildman–Crippen MR) is 91.7 cm³/mol. The van der Waals surface area contributed by atoms with Gasteiger partial charge >= 0.3 is 0 Å². The molecule has 0 radical (unpaired) electrons. The number of rotatable bonds is 13. The fourth-order valence-electron chi connectivity index (χ4n) is 2.60. The molecule has 23 heavy (non-hydrogen) atoms. The highest BCUT2D eigenvalue weighted by Gasteiger charge is 2.19. The summed E-state index contributed by atoms with van der Waals surface area (Å²) in [5.41, 5.74) is 0. The minimum absolute atomic E-state index is 0.206. The van der Waals surface area contributed by atoms with Crippen molar-refractivity contribution in [1.82, 2.24) is 14.8 Å². The van der Waals surface area contributed by atoms with Gasteiger partial charge in [0.05, 0.1) is 11.9 Å². The molecule has 0 aliphatic rings. The highest BCUT2D eigenvalue weighted by Crippen LogP contribution is 2.12. The van der Waals surface area contributed by atoms with E-state index in [4.69, 9.17) is 0 Å². The summed E-state index contributed by atoms with van der Waals surface area (Å²) in [7, 11) is -1.67. The number of aliphatic hydroxyl groups is 1. The lowest BCUT2D eigenvalue weighted by Crippen LogP contribution is -2.22. The number of sulfone groups is 1. The van der Waals surface area contributed by atoms with Gasteiger partial charge in [-0.3, -0.25) is 4.68 Å². The zero-order chi connectivity index (χ0) is 17.1. The molecule has 1 N–H and O–H groups in total. The van der Waals surface area contributed by atoms with Crippen LogP contribution in [0.3, 0.4) is 0 Å². The number of aromatic nitrogens is 3. The maximum absolute atomic E-state index is 12.0. The average Bonchev–Trinajstić information content (AvgIpc) is 2.85. The van der Waals surface area contributed by atoms with Crippen LogP contribution in [0.15, 0.2) is 6.33 Å². The van der Waals surface area contributed by atoms with Gasteiger partial charge in [-0.2, -0.15) is 5.10 Å².